The summed E-state index contributed by atoms with van der Waals surface area (Å²) < 4.78 is 32.7. The maximum absolute atomic E-state index is 12.2. The quantitative estimate of drug-likeness (QED) is 0.752. The first kappa shape index (κ1) is 18.5. The molecule has 0 spiro atoms. The Labute approximate surface area is 143 Å². The van der Waals surface area contributed by atoms with Crippen molar-refractivity contribution in [3.8, 4) is 5.75 Å². The van der Waals surface area contributed by atoms with Gasteiger partial charge in [0.15, 0.2) is 0 Å². The van der Waals surface area contributed by atoms with Crippen molar-refractivity contribution < 1.29 is 22.1 Å². The van der Waals surface area contributed by atoms with E-state index in [9.17, 15) is 13.2 Å². The van der Waals surface area contributed by atoms with Crippen LogP contribution in [0.4, 0.5) is 4.79 Å². The Morgan fingerprint density at radius 2 is 2.08 bits per heavy atom. The fourth-order valence-corrected chi connectivity index (χ4v) is 3.02. The van der Waals surface area contributed by atoms with Gasteiger partial charge in [-0.3, -0.25) is 0 Å². The van der Waals surface area contributed by atoms with E-state index in [1.54, 1.807) is 29.2 Å². The van der Waals surface area contributed by atoms with Crippen LogP contribution in [-0.4, -0.2) is 51.4 Å². The molecule has 7 nitrogen and oxygen atoms in total. The van der Waals surface area contributed by atoms with Gasteiger partial charge in [0.2, 0.25) is 0 Å². The summed E-state index contributed by atoms with van der Waals surface area (Å²) in [6.07, 6.45) is 3.04. The molecule has 0 bridgehead atoms. The average Bonchev–Trinajstić information content (AvgIpc) is 3.00. The minimum atomic E-state index is -3.54. The first-order chi connectivity index (χ1) is 11.4. The van der Waals surface area contributed by atoms with Crippen molar-refractivity contribution in [1.29, 1.82) is 0 Å². The fourth-order valence-electron chi connectivity index (χ4n) is 2.56. The van der Waals surface area contributed by atoms with Crippen LogP contribution in [0.3, 0.4) is 0 Å². The van der Waals surface area contributed by atoms with Gasteiger partial charge in [0, 0.05) is 26.2 Å². The van der Waals surface area contributed by atoms with Crippen molar-refractivity contribution in [2.24, 2.45) is 0 Å². The standard InChI is InChI=1S/C16H24N2O5S/c1-3-17-16(19)18(12-15-5-4-10-22-15)11-13-6-8-14(9-7-13)23-24(2,20)21/h6-9,15H,3-5,10-12H2,1-2H3,(H,17,19). The van der Waals surface area contributed by atoms with Gasteiger partial charge in [-0.2, -0.15) is 8.42 Å². The number of amides is 2. The van der Waals surface area contributed by atoms with Crippen LogP contribution in [0.1, 0.15) is 25.3 Å². The second kappa shape index (κ2) is 8.34. The molecule has 1 saturated heterocycles. The second-order valence-electron chi connectivity index (χ2n) is 5.78. The van der Waals surface area contributed by atoms with E-state index in [2.05, 4.69) is 5.32 Å². The van der Waals surface area contributed by atoms with Gasteiger partial charge < -0.3 is 19.1 Å². The molecule has 1 fully saturated rings. The van der Waals surface area contributed by atoms with Crippen molar-refractivity contribution in [2.75, 3.05) is 26.0 Å². The molecule has 0 aliphatic carbocycles. The SMILES string of the molecule is CCNC(=O)N(Cc1ccc(OS(C)(=O)=O)cc1)CC1CCCO1. The van der Waals surface area contributed by atoms with Gasteiger partial charge in [-0.05, 0) is 37.5 Å². The van der Waals surface area contributed by atoms with Crippen molar-refractivity contribution in [2.45, 2.75) is 32.4 Å². The zero-order chi connectivity index (χ0) is 17.6. The van der Waals surface area contributed by atoms with E-state index in [1.807, 2.05) is 6.92 Å². The highest BCUT2D eigenvalue weighted by Gasteiger charge is 2.22. The number of carbonyl (C=O) groups is 1. The Morgan fingerprint density at radius 3 is 2.62 bits per heavy atom. The van der Waals surface area contributed by atoms with E-state index in [0.29, 0.717) is 19.6 Å². The third kappa shape index (κ3) is 6.01. The highest BCUT2D eigenvalue weighted by molar-refractivity contribution is 7.86. The lowest BCUT2D eigenvalue weighted by molar-refractivity contribution is 0.0796. The predicted molar refractivity (Wildman–Crippen MR) is 90.4 cm³/mol. The first-order valence-electron chi connectivity index (χ1n) is 8.00. The number of benzene rings is 1. The number of ether oxygens (including phenoxy) is 1. The van der Waals surface area contributed by atoms with Crippen molar-refractivity contribution in [1.82, 2.24) is 10.2 Å². The molecule has 0 aromatic heterocycles. The summed E-state index contributed by atoms with van der Waals surface area (Å²) in [5, 5.41) is 2.81. The maximum Gasteiger partial charge on any atom is 0.317 e. The average molecular weight is 356 g/mol. The second-order valence-corrected chi connectivity index (χ2v) is 7.36. The molecule has 1 unspecified atom stereocenters. The normalized spacial score (nSPS) is 17.5. The van der Waals surface area contributed by atoms with Crippen LogP contribution in [0, 0.1) is 0 Å². The Bertz CT molecular complexity index is 639. The van der Waals surface area contributed by atoms with Gasteiger partial charge >= 0.3 is 16.1 Å². The topological polar surface area (TPSA) is 84.9 Å². The van der Waals surface area contributed by atoms with Crippen LogP contribution in [0.25, 0.3) is 0 Å². The Kier molecular flexibility index (Phi) is 6.44. The van der Waals surface area contributed by atoms with Crippen LogP contribution in [0.2, 0.25) is 0 Å². The molecule has 1 aliphatic rings. The van der Waals surface area contributed by atoms with Crippen molar-refractivity contribution in [3.63, 3.8) is 0 Å². The van der Waals surface area contributed by atoms with Crippen LogP contribution in [-0.2, 0) is 21.4 Å². The maximum atomic E-state index is 12.2. The zero-order valence-electron chi connectivity index (χ0n) is 14.0. The Balaban J connectivity index is 2.03. The van der Waals surface area contributed by atoms with Gasteiger partial charge in [-0.15, -0.1) is 0 Å². The molecule has 1 atom stereocenters. The lowest BCUT2D eigenvalue weighted by Gasteiger charge is -2.25. The van der Waals surface area contributed by atoms with E-state index in [-0.39, 0.29) is 17.9 Å². The lowest BCUT2D eigenvalue weighted by atomic mass is 10.2. The fraction of sp³-hybridized carbons (Fsp3) is 0.562. The largest absolute Gasteiger partial charge is 0.383 e. The molecule has 0 saturated carbocycles. The molecule has 1 aromatic rings. The number of hydrogen-bond acceptors (Lipinski definition) is 5. The molecular formula is C16H24N2O5S. The molecule has 0 radical (unpaired) electrons. The van der Waals surface area contributed by atoms with Crippen LogP contribution < -0.4 is 9.50 Å². The molecule has 24 heavy (non-hydrogen) atoms. The lowest BCUT2D eigenvalue weighted by Crippen LogP contribution is -2.43. The number of nitrogens with one attached hydrogen (secondary N) is 1. The summed E-state index contributed by atoms with van der Waals surface area (Å²) in [4.78, 5) is 14.0. The molecule has 1 heterocycles. The minimum Gasteiger partial charge on any atom is -0.383 e. The zero-order valence-corrected chi connectivity index (χ0v) is 14.8. The monoisotopic (exact) mass is 356 g/mol. The molecule has 1 aromatic carbocycles. The third-order valence-electron chi connectivity index (χ3n) is 3.61. The minimum absolute atomic E-state index is 0.0699. The smallest absolute Gasteiger partial charge is 0.317 e. The number of nitrogens with zero attached hydrogens (tertiary/aromatic N) is 1. The Hall–Kier alpha value is -1.80. The predicted octanol–water partition coefficient (Wildman–Crippen LogP) is 1.74. The van der Waals surface area contributed by atoms with Gasteiger partial charge in [0.25, 0.3) is 0 Å². The number of hydrogen-bond donors (Lipinski definition) is 1. The molecular weight excluding hydrogens is 332 g/mol. The highest BCUT2D eigenvalue weighted by Crippen LogP contribution is 2.18. The summed E-state index contributed by atoms with van der Waals surface area (Å²) in [7, 11) is -3.54. The van der Waals surface area contributed by atoms with Gasteiger partial charge in [0.05, 0.1) is 12.4 Å². The van der Waals surface area contributed by atoms with Gasteiger partial charge in [-0.1, -0.05) is 12.1 Å². The van der Waals surface area contributed by atoms with Gasteiger partial charge in [0.1, 0.15) is 5.75 Å². The molecule has 134 valence electrons. The van der Waals surface area contributed by atoms with E-state index in [4.69, 9.17) is 8.92 Å². The number of rotatable bonds is 7. The van der Waals surface area contributed by atoms with Crippen LogP contribution in [0.5, 0.6) is 5.75 Å². The van der Waals surface area contributed by atoms with E-state index in [0.717, 1.165) is 31.3 Å². The number of urea groups is 1. The van der Waals surface area contributed by atoms with E-state index in [1.165, 1.54) is 0 Å². The van der Waals surface area contributed by atoms with Crippen LogP contribution in [0.15, 0.2) is 24.3 Å². The Morgan fingerprint density at radius 1 is 1.38 bits per heavy atom. The van der Waals surface area contributed by atoms with Gasteiger partial charge in [-0.25, -0.2) is 4.79 Å². The molecule has 1 N–H and O–H groups in total. The van der Waals surface area contributed by atoms with E-state index >= 15 is 0 Å². The summed E-state index contributed by atoms with van der Waals surface area (Å²) in [6.45, 7) is 4.13. The molecule has 2 amide bonds. The van der Waals surface area contributed by atoms with E-state index < -0.39 is 10.1 Å². The molecule has 2 rings (SSSR count). The summed E-state index contributed by atoms with van der Waals surface area (Å²) in [5.41, 5.74) is 0.889. The van der Waals surface area contributed by atoms with Crippen molar-refractivity contribution in [3.05, 3.63) is 29.8 Å². The highest BCUT2D eigenvalue weighted by atomic mass is 32.2. The summed E-state index contributed by atoms with van der Waals surface area (Å²) in [5.74, 6) is 0.255. The summed E-state index contributed by atoms with van der Waals surface area (Å²) in [6, 6.07) is 6.53. The van der Waals surface area contributed by atoms with Crippen molar-refractivity contribution >= 4 is 16.1 Å². The third-order valence-corrected chi connectivity index (χ3v) is 4.10. The first-order valence-corrected chi connectivity index (χ1v) is 9.82. The number of carbonyl (C=O) groups excluding carboxylic acids is 1. The van der Waals surface area contributed by atoms with Crippen LogP contribution >= 0.6 is 0 Å². The molecule has 1 aliphatic heterocycles. The molecule has 8 heteroatoms. The summed E-state index contributed by atoms with van der Waals surface area (Å²) >= 11 is 0.